The van der Waals surface area contributed by atoms with Crippen molar-refractivity contribution in [2.75, 3.05) is 38.7 Å². The molecule has 1 unspecified atom stereocenters. The number of nitrogens with zero attached hydrogens (tertiary/aromatic N) is 4. The zero-order chi connectivity index (χ0) is 22.0. The average Bonchev–Trinajstić information content (AvgIpc) is 3.46. The molecule has 1 atom stereocenters. The molecule has 5 rings (SSSR count). The van der Waals surface area contributed by atoms with Gasteiger partial charge in [-0.2, -0.15) is 0 Å². The summed E-state index contributed by atoms with van der Waals surface area (Å²) in [6.45, 7) is 2.42. The van der Waals surface area contributed by atoms with Crippen molar-refractivity contribution in [3.05, 3.63) is 54.7 Å². The fourth-order valence-corrected chi connectivity index (χ4v) is 4.68. The Balaban J connectivity index is 1.40. The van der Waals surface area contributed by atoms with E-state index in [9.17, 15) is 4.79 Å². The highest BCUT2D eigenvalue weighted by atomic mass is 16.5. The number of amides is 2. The Morgan fingerprint density at radius 3 is 2.72 bits per heavy atom. The summed E-state index contributed by atoms with van der Waals surface area (Å²) in [6.07, 6.45) is 5.06. The van der Waals surface area contributed by atoms with Gasteiger partial charge in [0.1, 0.15) is 5.75 Å². The highest BCUT2D eigenvalue weighted by Crippen LogP contribution is 2.49. The van der Waals surface area contributed by atoms with E-state index in [0.717, 1.165) is 18.4 Å². The van der Waals surface area contributed by atoms with Crippen LogP contribution in [0.15, 0.2) is 53.2 Å². The van der Waals surface area contributed by atoms with Crippen molar-refractivity contribution in [2.24, 2.45) is 5.41 Å². The molecule has 166 valence electrons. The molecule has 9 nitrogen and oxygen atoms in total. The van der Waals surface area contributed by atoms with Crippen LogP contribution in [0.5, 0.6) is 5.75 Å². The number of methoxy groups -OCH3 is 1. The van der Waals surface area contributed by atoms with Crippen LogP contribution in [0.2, 0.25) is 0 Å². The summed E-state index contributed by atoms with van der Waals surface area (Å²) >= 11 is 0. The van der Waals surface area contributed by atoms with E-state index in [4.69, 9.17) is 13.9 Å². The van der Waals surface area contributed by atoms with Crippen LogP contribution in [0.4, 0.5) is 10.5 Å². The number of benzene rings is 1. The number of urea groups is 1. The van der Waals surface area contributed by atoms with Crippen molar-refractivity contribution < 1.29 is 18.7 Å². The third kappa shape index (κ3) is 3.80. The van der Waals surface area contributed by atoms with Gasteiger partial charge < -0.3 is 24.1 Å². The number of ether oxygens (including phenoxy) is 2. The largest absolute Gasteiger partial charge is 0.495 e. The predicted octanol–water partition coefficient (Wildman–Crippen LogP) is 3.57. The second-order valence-electron chi connectivity index (χ2n) is 8.22. The van der Waals surface area contributed by atoms with E-state index >= 15 is 0 Å². The molecule has 32 heavy (non-hydrogen) atoms. The van der Waals surface area contributed by atoms with E-state index in [0.29, 0.717) is 49.5 Å². The topological polar surface area (TPSA) is 103 Å². The van der Waals surface area contributed by atoms with Crippen molar-refractivity contribution in [3.8, 4) is 17.2 Å². The van der Waals surface area contributed by atoms with Gasteiger partial charge >= 0.3 is 6.03 Å². The first-order chi connectivity index (χ1) is 15.7. The summed E-state index contributed by atoms with van der Waals surface area (Å²) in [7, 11) is 1.59. The fraction of sp³-hybridized carbons (Fsp3) is 0.391. The summed E-state index contributed by atoms with van der Waals surface area (Å²) in [5.41, 5.74) is 1.31. The molecule has 0 aliphatic carbocycles. The minimum Gasteiger partial charge on any atom is -0.495 e. The quantitative estimate of drug-likeness (QED) is 0.668. The average molecular weight is 435 g/mol. The first kappa shape index (κ1) is 20.4. The molecule has 1 aromatic carbocycles. The van der Waals surface area contributed by atoms with E-state index in [-0.39, 0.29) is 17.4 Å². The number of anilines is 1. The molecule has 1 N–H and O–H groups in total. The number of pyridine rings is 1. The molecule has 0 bridgehead atoms. The number of rotatable bonds is 4. The Bertz CT molecular complexity index is 1080. The smallest absolute Gasteiger partial charge is 0.321 e. The SMILES string of the molecule is COc1ccccc1NC(=O)N1CC(c2nnc(-c3ccncc3)o2)C2(CCOCC2)C1. The summed E-state index contributed by atoms with van der Waals surface area (Å²) in [5, 5.41) is 11.6. The fourth-order valence-electron chi connectivity index (χ4n) is 4.68. The molecule has 2 saturated heterocycles. The van der Waals surface area contributed by atoms with Crippen molar-refractivity contribution in [2.45, 2.75) is 18.8 Å². The molecule has 2 aliphatic heterocycles. The van der Waals surface area contributed by atoms with Gasteiger partial charge in [0.25, 0.3) is 0 Å². The normalized spacial score (nSPS) is 19.8. The lowest BCUT2D eigenvalue weighted by Crippen LogP contribution is -2.38. The highest BCUT2D eigenvalue weighted by molar-refractivity contribution is 5.91. The Morgan fingerprint density at radius 2 is 1.94 bits per heavy atom. The maximum absolute atomic E-state index is 13.2. The molecule has 9 heteroatoms. The lowest BCUT2D eigenvalue weighted by molar-refractivity contribution is 0.0104. The summed E-state index contributed by atoms with van der Waals surface area (Å²) < 4.78 is 17.1. The summed E-state index contributed by atoms with van der Waals surface area (Å²) in [4.78, 5) is 19.0. The highest BCUT2D eigenvalue weighted by Gasteiger charge is 2.51. The van der Waals surface area contributed by atoms with Gasteiger partial charge in [-0.25, -0.2) is 4.79 Å². The number of likely N-dealkylation sites (tertiary alicyclic amines) is 1. The molecule has 2 aromatic heterocycles. The van der Waals surface area contributed by atoms with E-state index in [1.54, 1.807) is 19.5 Å². The molecule has 2 amide bonds. The Morgan fingerprint density at radius 1 is 1.16 bits per heavy atom. The van der Waals surface area contributed by atoms with Gasteiger partial charge in [0.15, 0.2) is 0 Å². The van der Waals surface area contributed by atoms with Gasteiger partial charge in [-0.3, -0.25) is 4.98 Å². The number of hydrogen-bond acceptors (Lipinski definition) is 7. The predicted molar refractivity (Wildman–Crippen MR) is 116 cm³/mol. The minimum atomic E-state index is -0.170. The zero-order valence-corrected chi connectivity index (χ0v) is 17.9. The van der Waals surface area contributed by atoms with Crippen LogP contribution in [0.3, 0.4) is 0 Å². The molecule has 0 saturated carbocycles. The number of hydrogen-bond donors (Lipinski definition) is 1. The van der Waals surface area contributed by atoms with Crippen molar-refractivity contribution >= 4 is 11.7 Å². The lowest BCUT2D eigenvalue weighted by atomic mass is 9.72. The molecule has 3 aromatic rings. The van der Waals surface area contributed by atoms with E-state index < -0.39 is 0 Å². The first-order valence-electron chi connectivity index (χ1n) is 10.7. The summed E-state index contributed by atoms with van der Waals surface area (Å²) in [6, 6.07) is 10.9. The third-order valence-electron chi connectivity index (χ3n) is 6.44. The summed E-state index contributed by atoms with van der Waals surface area (Å²) in [5.74, 6) is 1.59. The maximum Gasteiger partial charge on any atom is 0.321 e. The van der Waals surface area contributed by atoms with Gasteiger partial charge in [-0.05, 0) is 37.1 Å². The van der Waals surface area contributed by atoms with Crippen LogP contribution in [0, 0.1) is 5.41 Å². The maximum atomic E-state index is 13.2. The first-order valence-corrected chi connectivity index (χ1v) is 10.7. The standard InChI is InChI=1S/C23H25N5O4/c1-30-19-5-3-2-4-18(19)25-22(29)28-14-17(23(15-28)8-12-31-13-9-23)21-27-26-20(32-21)16-6-10-24-11-7-16/h2-7,10-11,17H,8-9,12-15H2,1H3,(H,25,29). The van der Waals surface area contributed by atoms with E-state index in [1.807, 2.05) is 41.3 Å². The van der Waals surface area contributed by atoms with Gasteiger partial charge in [-0.15, -0.1) is 10.2 Å². The van der Waals surface area contributed by atoms with Gasteiger partial charge in [-0.1, -0.05) is 12.1 Å². The van der Waals surface area contributed by atoms with Crippen LogP contribution >= 0.6 is 0 Å². The Hall–Kier alpha value is -3.46. The van der Waals surface area contributed by atoms with Crippen LogP contribution in [-0.4, -0.2) is 59.5 Å². The molecule has 0 radical (unpaired) electrons. The van der Waals surface area contributed by atoms with Crippen molar-refractivity contribution in [1.82, 2.24) is 20.1 Å². The zero-order valence-electron chi connectivity index (χ0n) is 17.9. The van der Waals surface area contributed by atoms with Crippen LogP contribution < -0.4 is 10.1 Å². The lowest BCUT2D eigenvalue weighted by Gasteiger charge is -2.36. The third-order valence-corrected chi connectivity index (χ3v) is 6.44. The molecular formula is C23H25N5O4. The number of carbonyl (C=O) groups excluding carboxylic acids is 1. The number of carbonyl (C=O) groups is 1. The van der Waals surface area contributed by atoms with E-state index in [1.165, 1.54) is 0 Å². The number of aromatic nitrogens is 3. The number of nitrogens with one attached hydrogen (secondary N) is 1. The van der Waals surface area contributed by atoms with Crippen LogP contribution in [-0.2, 0) is 4.74 Å². The Labute approximate surface area is 185 Å². The molecule has 4 heterocycles. The minimum absolute atomic E-state index is 0.0575. The van der Waals surface area contributed by atoms with Gasteiger partial charge in [0.2, 0.25) is 11.8 Å². The Kier molecular flexibility index (Phi) is 5.48. The van der Waals surface area contributed by atoms with Crippen LogP contribution in [0.1, 0.15) is 24.7 Å². The second-order valence-corrected chi connectivity index (χ2v) is 8.22. The van der Waals surface area contributed by atoms with Crippen molar-refractivity contribution in [1.29, 1.82) is 0 Å². The molecular weight excluding hydrogens is 410 g/mol. The number of para-hydroxylation sites is 2. The van der Waals surface area contributed by atoms with E-state index in [2.05, 4.69) is 20.5 Å². The van der Waals surface area contributed by atoms with Gasteiger partial charge in [0, 0.05) is 49.7 Å². The molecule has 2 fully saturated rings. The second kappa shape index (κ2) is 8.58. The molecule has 1 spiro atoms. The molecule has 2 aliphatic rings. The monoisotopic (exact) mass is 435 g/mol. The van der Waals surface area contributed by atoms with Gasteiger partial charge in [0.05, 0.1) is 18.7 Å². The van der Waals surface area contributed by atoms with Crippen LogP contribution in [0.25, 0.3) is 11.5 Å². The van der Waals surface area contributed by atoms with Crippen molar-refractivity contribution in [3.63, 3.8) is 0 Å².